The Morgan fingerprint density at radius 2 is 1.72 bits per heavy atom. The van der Waals surface area contributed by atoms with E-state index in [1.807, 2.05) is 36.4 Å². The Morgan fingerprint density at radius 3 is 2.41 bits per heavy atom. The number of rotatable bonds is 8. The molecule has 2 aromatic carbocycles. The molecule has 154 valence electrons. The number of ether oxygens (including phenoxy) is 3. The first-order chi connectivity index (χ1) is 14.2. The van der Waals surface area contributed by atoms with Gasteiger partial charge in [0.1, 0.15) is 12.3 Å². The molecule has 0 saturated carbocycles. The molecule has 5 heteroatoms. The lowest BCUT2D eigenvalue weighted by Crippen LogP contribution is -3.11. The molecule has 1 N–H and O–H groups in total. The summed E-state index contributed by atoms with van der Waals surface area (Å²) in [4.78, 5) is 14.4. The number of benzene rings is 2. The fraction of sp³-hybridized carbons (Fsp3) is 0.375. The van der Waals surface area contributed by atoms with Gasteiger partial charge >= 0.3 is 0 Å². The molecular weight excluding hydrogens is 366 g/mol. The molecule has 1 saturated heterocycles. The summed E-state index contributed by atoms with van der Waals surface area (Å²) in [5.41, 5.74) is 2.55. The second-order valence-electron chi connectivity index (χ2n) is 7.29. The zero-order valence-corrected chi connectivity index (χ0v) is 17.5. The predicted molar refractivity (Wildman–Crippen MR) is 114 cm³/mol. The fourth-order valence-corrected chi connectivity index (χ4v) is 3.87. The number of para-hydroxylation sites is 1. The first-order valence-electron chi connectivity index (χ1n) is 10.1. The van der Waals surface area contributed by atoms with Crippen LogP contribution in [0.25, 0.3) is 6.08 Å². The van der Waals surface area contributed by atoms with Gasteiger partial charge in [0.2, 0.25) is 0 Å². The normalized spacial score (nSPS) is 14.7. The first kappa shape index (κ1) is 20.9. The van der Waals surface area contributed by atoms with Crippen LogP contribution in [0.15, 0.2) is 42.5 Å². The number of hydrogen-bond donors (Lipinski definition) is 1. The average Bonchev–Trinajstić information content (AvgIpc) is 2.77. The minimum absolute atomic E-state index is 0.0487. The molecule has 0 unspecified atom stereocenters. The molecule has 29 heavy (non-hydrogen) atoms. The summed E-state index contributed by atoms with van der Waals surface area (Å²) in [6, 6.07) is 11.3. The summed E-state index contributed by atoms with van der Waals surface area (Å²) in [5.74, 6) is 2.05. The van der Waals surface area contributed by atoms with Crippen LogP contribution in [0.4, 0.5) is 0 Å². The van der Waals surface area contributed by atoms with Gasteiger partial charge in [-0.1, -0.05) is 12.1 Å². The highest BCUT2D eigenvalue weighted by atomic mass is 16.5. The van der Waals surface area contributed by atoms with Gasteiger partial charge in [-0.05, 0) is 55.7 Å². The largest absolute Gasteiger partial charge is 0.496 e. The third-order valence-electron chi connectivity index (χ3n) is 5.41. The van der Waals surface area contributed by atoms with E-state index < -0.39 is 0 Å². The van der Waals surface area contributed by atoms with Crippen molar-refractivity contribution in [3.63, 3.8) is 0 Å². The van der Waals surface area contributed by atoms with E-state index in [9.17, 15) is 4.79 Å². The van der Waals surface area contributed by atoms with Gasteiger partial charge in [0, 0.05) is 16.7 Å². The molecule has 1 fully saturated rings. The molecule has 3 rings (SSSR count). The molecule has 0 radical (unpaired) electrons. The van der Waals surface area contributed by atoms with Crippen molar-refractivity contribution in [2.24, 2.45) is 0 Å². The van der Waals surface area contributed by atoms with Crippen molar-refractivity contribution in [2.75, 3.05) is 34.4 Å². The summed E-state index contributed by atoms with van der Waals surface area (Å²) in [6.07, 6.45) is 7.19. The number of nitrogens with one attached hydrogen (secondary N) is 1. The second kappa shape index (κ2) is 10.1. The molecule has 0 atom stereocenters. The van der Waals surface area contributed by atoms with Crippen LogP contribution in [0.3, 0.4) is 0 Å². The lowest BCUT2D eigenvalue weighted by Gasteiger charge is -2.24. The number of piperidine rings is 1. The van der Waals surface area contributed by atoms with Crippen LogP contribution in [0.1, 0.15) is 40.7 Å². The zero-order chi connectivity index (χ0) is 20.6. The number of hydrogen-bond acceptors (Lipinski definition) is 4. The van der Waals surface area contributed by atoms with Gasteiger partial charge in [-0.3, -0.25) is 4.79 Å². The topological polar surface area (TPSA) is 49.2 Å². The average molecular weight is 397 g/mol. The van der Waals surface area contributed by atoms with Crippen LogP contribution >= 0.6 is 0 Å². The maximum absolute atomic E-state index is 12.8. The number of carbonyl (C=O) groups excluding carboxylic acids is 1. The molecule has 0 amide bonds. The Morgan fingerprint density at radius 1 is 0.966 bits per heavy atom. The Balaban J connectivity index is 1.80. The van der Waals surface area contributed by atoms with Crippen LogP contribution in [-0.4, -0.2) is 40.2 Å². The number of likely N-dealkylation sites (tertiary alicyclic amines) is 1. The monoisotopic (exact) mass is 396 g/mol. The minimum Gasteiger partial charge on any atom is -0.496 e. The molecule has 0 bridgehead atoms. The van der Waals surface area contributed by atoms with Crippen molar-refractivity contribution < 1.29 is 23.9 Å². The van der Waals surface area contributed by atoms with E-state index in [2.05, 4.69) is 0 Å². The van der Waals surface area contributed by atoms with Gasteiger partial charge in [0.05, 0.1) is 34.4 Å². The minimum atomic E-state index is -0.0487. The highest BCUT2D eigenvalue weighted by molar-refractivity contribution is 6.07. The van der Waals surface area contributed by atoms with Gasteiger partial charge in [0.15, 0.2) is 17.3 Å². The summed E-state index contributed by atoms with van der Waals surface area (Å²) in [6.45, 7) is 3.24. The van der Waals surface area contributed by atoms with Gasteiger partial charge < -0.3 is 19.1 Å². The van der Waals surface area contributed by atoms with Crippen LogP contribution in [0.5, 0.6) is 17.2 Å². The van der Waals surface area contributed by atoms with E-state index in [0.29, 0.717) is 17.1 Å². The molecular formula is C24H30NO4+. The Bertz CT molecular complexity index is 869. The lowest BCUT2D eigenvalue weighted by molar-refractivity contribution is -0.918. The van der Waals surface area contributed by atoms with Crippen molar-refractivity contribution in [3.05, 3.63) is 59.2 Å². The smallest absolute Gasteiger partial charge is 0.185 e. The van der Waals surface area contributed by atoms with Gasteiger partial charge in [-0.2, -0.15) is 0 Å². The first-order valence-corrected chi connectivity index (χ1v) is 10.1. The van der Waals surface area contributed by atoms with E-state index in [-0.39, 0.29) is 5.78 Å². The molecule has 1 aliphatic rings. The molecule has 0 spiro atoms. The Kier molecular flexibility index (Phi) is 7.30. The van der Waals surface area contributed by atoms with Gasteiger partial charge in [-0.25, -0.2) is 0 Å². The van der Waals surface area contributed by atoms with Crippen LogP contribution in [-0.2, 0) is 6.54 Å². The zero-order valence-electron chi connectivity index (χ0n) is 17.5. The van der Waals surface area contributed by atoms with E-state index >= 15 is 0 Å². The number of methoxy groups -OCH3 is 3. The van der Waals surface area contributed by atoms with Crippen molar-refractivity contribution >= 4 is 11.9 Å². The molecule has 1 aliphatic heterocycles. The second-order valence-corrected chi connectivity index (χ2v) is 7.29. The maximum atomic E-state index is 12.8. The number of carbonyl (C=O) groups is 1. The number of allylic oxidation sites excluding steroid dienone is 1. The highest BCUT2D eigenvalue weighted by Crippen LogP contribution is 2.31. The van der Waals surface area contributed by atoms with Crippen molar-refractivity contribution in [3.8, 4) is 17.2 Å². The summed E-state index contributed by atoms with van der Waals surface area (Å²) < 4.78 is 16.3. The molecule has 1 heterocycles. The van der Waals surface area contributed by atoms with Crippen molar-refractivity contribution in [1.29, 1.82) is 0 Å². The number of quaternary nitrogens is 1. The summed E-state index contributed by atoms with van der Waals surface area (Å²) in [7, 11) is 4.87. The van der Waals surface area contributed by atoms with Gasteiger partial charge in [-0.15, -0.1) is 0 Å². The van der Waals surface area contributed by atoms with Crippen LogP contribution in [0.2, 0.25) is 0 Å². The van der Waals surface area contributed by atoms with Crippen molar-refractivity contribution in [2.45, 2.75) is 25.8 Å². The van der Waals surface area contributed by atoms with Crippen LogP contribution < -0.4 is 19.1 Å². The molecule has 5 nitrogen and oxygen atoms in total. The molecule has 2 aromatic rings. The van der Waals surface area contributed by atoms with E-state index in [0.717, 1.165) is 23.4 Å². The van der Waals surface area contributed by atoms with E-state index in [4.69, 9.17) is 14.2 Å². The maximum Gasteiger partial charge on any atom is 0.185 e. The van der Waals surface area contributed by atoms with E-state index in [1.54, 1.807) is 38.4 Å². The van der Waals surface area contributed by atoms with Gasteiger partial charge in [0.25, 0.3) is 0 Å². The fourth-order valence-electron chi connectivity index (χ4n) is 3.87. The standard InChI is InChI=1S/C24H29NO4/c1-27-22-13-11-19(16-20(22)17-25-14-5-4-6-15-25)21(26)12-10-18-8-7-9-23(28-2)24(18)29-3/h7-13,16H,4-6,14-15,17H2,1-3H3/p+1/b12-10+. The summed E-state index contributed by atoms with van der Waals surface area (Å²) >= 11 is 0. The molecule has 0 aliphatic carbocycles. The quantitative estimate of drug-likeness (QED) is 0.550. The third-order valence-corrected chi connectivity index (χ3v) is 5.41. The number of ketones is 1. The SMILES string of the molecule is COc1ccc(C(=O)/C=C/c2cccc(OC)c2OC)cc1C[NH+]1CCCCC1. The predicted octanol–water partition coefficient (Wildman–Crippen LogP) is 3.18. The lowest BCUT2D eigenvalue weighted by atomic mass is 10.0. The van der Waals surface area contributed by atoms with E-state index in [1.165, 1.54) is 32.4 Å². The van der Waals surface area contributed by atoms with Crippen LogP contribution in [0, 0.1) is 0 Å². The Hall–Kier alpha value is -2.79. The summed E-state index contributed by atoms with van der Waals surface area (Å²) in [5, 5.41) is 0. The Labute approximate surface area is 172 Å². The van der Waals surface area contributed by atoms with Crippen molar-refractivity contribution in [1.82, 2.24) is 0 Å². The molecule has 0 aromatic heterocycles. The third kappa shape index (κ3) is 5.18. The highest BCUT2D eigenvalue weighted by Gasteiger charge is 2.17.